The number of carbonyl (C=O) groups is 2. The van der Waals surface area contributed by atoms with Gasteiger partial charge >= 0.3 is 35.1 Å². The van der Waals surface area contributed by atoms with Crippen molar-refractivity contribution in [1.82, 2.24) is 14.9 Å². The van der Waals surface area contributed by atoms with Crippen LogP contribution in [0, 0.1) is 23.2 Å². The van der Waals surface area contributed by atoms with Gasteiger partial charge in [0, 0.05) is 51.8 Å². The number of anilines is 2. The molecule has 5 unspecified atom stereocenters. The highest BCUT2D eigenvalue weighted by molar-refractivity contribution is 8.77. The minimum absolute atomic E-state index is 0.0111. The number of phosphoric ester groups is 1. The predicted octanol–water partition coefficient (Wildman–Crippen LogP) is 3.38. The summed E-state index contributed by atoms with van der Waals surface area (Å²) in [6, 6.07) is 5.93. The Morgan fingerprint density at radius 2 is 1.76 bits per heavy atom. The van der Waals surface area contributed by atoms with Crippen molar-refractivity contribution in [2.75, 3.05) is 43.9 Å². The molecule has 2 aliphatic heterocycles. The quantitative estimate of drug-likeness (QED) is 0.00619. The van der Waals surface area contributed by atoms with Gasteiger partial charge in [0.15, 0.2) is 15.6 Å². The number of allylic oxidation sites excluding steroid dienone is 3. The minimum Gasteiger partial charge on any atom is -0.478 e. The zero-order valence-electron chi connectivity index (χ0n) is 40.2. The number of amides is 1. The van der Waals surface area contributed by atoms with Gasteiger partial charge in [-0.3, -0.25) is 28.4 Å². The molecular formula is C39H44N9O24P3S4. The molecule has 13 N–H and O–H groups in total. The van der Waals surface area contributed by atoms with E-state index in [0.29, 0.717) is 0 Å². The molecule has 79 heavy (non-hydrogen) atoms. The summed E-state index contributed by atoms with van der Waals surface area (Å²) >= 11 is 0. The Labute approximate surface area is 453 Å². The maximum atomic E-state index is 13.5. The topological polar surface area (TPSA) is 531 Å². The predicted molar refractivity (Wildman–Crippen MR) is 275 cm³/mol. The van der Waals surface area contributed by atoms with Crippen molar-refractivity contribution in [1.29, 1.82) is 5.41 Å². The number of carboxylic acid groups (broad SMARTS) is 1. The summed E-state index contributed by atoms with van der Waals surface area (Å²) in [5, 5.41) is 24.6. The second-order valence-electron chi connectivity index (χ2n) is 17.0. The van der Waals surface area contributed by atoms with Crippen molar-refractivity contribution in [2.45, 2.75) is 54.3 Å². The number of nitrogens with zero attached hydrogens (tertiary/aromatic N) is 5. The number of azide groups is 1. The molecule has 0 spiro atoms. The molecule has 1 aromatic heterocycles. The number of nitrogens with two attached hydrogens (primary N) is 2. The maximum absolute atomic E-state index is 13.5. The summed E-state index contributed by atoms with van der Waals surface area (Å²) in [4.78, 5) is 80.4. The highest BCUT2D eigenvalue weighted by Gasteiger charge is 2.46. The van der Waals surface area contributed by atoms with Gasteiger partial charge < -0.3 is 60.4 Å². The molecule has 7 atom stereocenters. The smallest absolute Gasteiger partial charge is 0.478 e. The molecule has 2 aromatic carbocycles. The van der Waals surface area contributed by atoms with Crippen LogP contribution >= 0.6 is 45.1 Å². The zero-order chi connectivity index (χ0) is 58.6. The maximum Gasteiger partial charge on any atom is 0.490 e. The Bertz CT molecular complexity index is 3600. The molecule has 3 heterocycles. The average molecular weight is 1240 g/mol. The van der Waals surface area contributed by atoms with Crippen LogP contribution in [-0.2, 0) is 61.3 Å². The first-order chi connectivity index (χ1) is 36.6. The molecule has 1 aliphatic carbocycles. The number of ether oxygens (including phenoxy) is 4. The molecule has 0 bridgehead atoms. The van der Waals surface area contributed by atoms with Crippen molar-refractivity contribution < 1.29 is 106 Å². The summed E-state index contributed by atoms with van der Waals surface area (Å²) in [6.45, 7) is 1.82. The van der Waals surface area contributed by atoms with Gasteiger partial charge in [-0.15, -0.1) is 0 Å². The molecule has 1 saturated heterocycles. The lowest BCUT2D eigenvalue weighted by molar-refractivity contribution is -0.0601. The van der Waals surface area contributed by atoms with Crippen molar-refractivity contribution in [3.05, 3.63) is 108 Å². The fourth-order valence-corrected chi connectivity index (χ4v) is 14.5. The number of carboxylic acids is 1. The highest BCUT2D eigenvalue weighted by Crippen LogP contribution is 2.66. The average Bonchev–Trinajstić information content (AvgIpc) is 3.88. The number of aromatic carboxylic acids is 1. The third kappa shape index (κ3) is 16.1. The van der Waals surface area contributed by atoms with Gasteiger partial charge in [-0.05, 0) is 49.2 Å². The van der Waals surface area contributed by atoms with Crippen LogP contribution in [0.25, 0.3) is 10.4 Å². The van der Waals surface area contributed by atoms with E-state index >= 15 is 0 Å². The van der Waals surface area contributed by atoms with Crippen molar-refractivity contribution >= 4 is 94.4 Å². The lowest BCUT2D eigenvalue weighted by atomic mass is 9.74. The number of fused-ring (bicyclic) bond motifs is 2. The lowest BCUT2D eigenvalue weighted by Crippen LogP contribution is -2.36. The highest BCUT2D eigenvalue weighted by atomic mass is 33.1. The number of benzene rings is 2. The summed E-state index contributed by atoms with van der Waals surface area (Å²) in [5.41, 5.74) is 17.5. The number of hydrogen-bond acceptors (Lipinski definition) is 24. The van der Waals surface area contributed by atoms with E-state index in [1.54, 1.807) is 13.8 Å². The van der Waals surface area contributed by atoms with E-state index in [9.17, 15) is 68.9 Å². The first-order valence-electron chi connectivity index (χ1n) is 21.7. The van der Waals surface area contributed by atoms with Crippen LogP contribution < -0.4 is 27.2 Å². The molecule has 0 radical (unpaired) electrons. The second kappa shape index (κ2) is 24.7. The molecule has 3 aromatic rings. The van der Waals surface area contributed by atoms with E-state index in [2.05, 4.69) is 45.3 Å². The molecule has 428 valence electrons. The van der Waals surface area contributed by atoms with Crippen LogP contribution in [0.4, 0.5) is 11.5 Å². The number of nitrogens with one attached hydrogen (secondary N) is 2. The summed E-state index contributed by atoms with van der Waals surface area (Å²) < 4.78 is 140. The fourth-order valence-electron chi connectivity index (χ4n) is 7.79. The normalized spacial score (nSPS) is 20.8. The van der Waals surface area contributed by atoms with Crippen LogP contribution in [0.15, 0.2) is 74.1 Å². The molecule has 3 aliphatic rings. The zero-order valence-corrected chi connectivity index (χ0v) is 46.1. The molecule has 40 heteroatoms. The molecule has 6 rings (SSSR count). The standard InChI is InChI=1S/C39H44N9O24P3S4/c1-39(2,16-44-36(49)19-5-6-21(24(12-19)37(50)51)30-22-7-9-25(40)33(78(60,61)62)31(22)70-32-23(30)8-10-26(41)34(32)79(63,64)65)77-76-18-66-11-3-4-20-14-48(38(52)46-35(20)42)29-13-27(67-17-45-47-43)28(69-29)15-68-74(56,57)72-75(58,59)71-73(53,54)55/h5-10,12,14,22,27-30,40H,11,13,15-18,41H2,1-2H3,(H,44,49)(H,50,51)(H,56,57)(H,58,59)(H2,42,46,52)(H2,53,54,55)(H,60,61,62)(H,63,64,65)/t22?,27?,28-,29-,30?/m1/s1. The Hall–Kier alpha value is -5.51. The van der Waals surface area contributed by atoms with Gasteiger partial charge in [-0.2, -0.15) is 30.4 Å². The van der Waals surface area contributed by atoms with E-state index in [4.69, 9.17) is 51.1 Å². The fraction of sp³-hybridized carbons (Fsp3) is 0.359. The number of phosphoric acid groups is 3. The van der Waals surface area contributed by atoms with Crippen LogP contribution in [-0.4, -0.2) is 127 Å². The summed E-state index contributed by atoms with van der Waals surface area (Å²) in [6.07, 6.45) is -0.567. The van der Waals surface area contributed by atoms with Gasteiger partial charge in [0.2, 0.25) is 0 Å². The monoisotopic (exact) mass is 1240 g/mol. The van der Waals surface area contributed by atoms with Gasteiger partial charge in [-0.1, -0.05) is 56.8 Å². The SMILES string of the molecule is CC(C)(CNC(=O)c1ccc(C2c3ccc(N)c(S(=O)(=O)O)c3OC3=C(S(=O)(=O)O)C(=N)C=CC32)c(C(=O)O)c1)SSCOCC#Cc1cn([C@H]2CC(OCN=[N+]=[N-])[C@@H](COP(=O)(O)OP(=O)(O)OP(=O)(O)O)O2)c(=O)nc1N. The first kappa shape index (κ1) is 62.7. The van der Waals surface area contributed by atoms with Gasteiger partial charge in [0.05, 0.1) is 35.2 Å². The van der Waals surface area contributed by atoms with Crippen LogP contribution in [0.1, 0.15) is 69.8 Å². The molecular weight excluding hydrogens is 1200 g/mol. The minimum atomic E-state index is -5.86. The van der Waals surface area contributed by atoms with E-state index in [-0.39, 0.29) is 53.6 Å². The van der Waals surface area contributed by atoms with E-state index < -0.39 is 148 Å². The molecule has 0 saturated carbocycles. The van der Waals surface area contributed by atoms with E-state index in [1.165, 1.54) is 52.1 Å². The van der Waals surface area contributed by atoms with Gasteiger partial charge in [-0.25, -0.2) is 23.3 Å². The number of hydrogen-bond donors (Lipinski definition) is 11. The van der Waals surface area contributed by atoms with E-state index in [1.807, 2.05) is 0 Å². The van der Waals surface area contributed by atoms with Crippen molar-refractivity contribution in [3.8, 4) is 17.6 Å². The number of rotatable bonds is 23. The van der Waals surface area contributed by atoms with Gasteiger partial charge in [0.1, 0.15) is 43.2 Å². The molecule has 1 fully saturated rings. The Balaban J connectivity index is 1.07. The Morgan fingerprint density at radius 3 is 2.41 bits per heavy atom. The van der Waals surface area contributed by atoms with Crippen LogP contribution in [0.2, 0.25) is 0 Å². The first-order valence-corrected chi connectivity index (χ1v) is 31.4. The largest absolute Gasteiger partial charge is 0.490 e. The molecule has 33 nitrogen and oxygen atoms in total. The van der Waals surface area contributed by atoms with Crippen LogP contribution in [0.3, 0.4) is 0 Å². The van der Waals surface area contributed by atoms with Gasteiger partial charge in [0.25, 0.3) is 26.1 Å². The number of aromatic nitrogens is 2. The third-order valence-electron chi connectivity index (χ3n) is 10.9. The van der Waals surface area contributed by atoms with Crippen molar-refractivity contribution in [3.63, 3.8) is 0 Å². The third-order valence-corrected chi connectivity index (χ3v) is 19.6. The van der Waals surface area contributed by atoms with Crippen LogP contribution in [0.5, 0.6) is 5.75 Å². The molecule has 1 amide bonds. The van der Waals surface area contributed by atoms with Crippen molar-refractivity contribution in [2.24, 2.45) is 11.0 Å². The summed E-state index contributed by atoms with van der Waals surface area (Å²) in [5.74, 6) is -1.06. The number of nitrogen functional groups attached to an aromatic ring is 2. The summed E-state index contributed by atoms with van der Waals surface area (Å²) in [7, 11) is -25.0. The second-order valence-corrected chi connectivity index (χ2v) is 27.1. The Kier molecular flexibility index (Phi) is 19.6. The number of carbonyl (C=O) groups excluding carboxylic acids is 1. The Morgan fingerprint density at radius 1 is 1.06 bits per heavy atom. The lowest BCUT2D eigenvalue weighted by Gasteiger charge is -2.37. The van der Waals surface area contributed by atoms with E-state index in [0.717, 1.165) is 22.8 Å².